The lowest BCUT2D eigenvalue weighted by molar-refractivity contribution is 0.199. The molecule has 23 heavy (non-hydrogen) atoms. The van der Waals surface area contributed by atoms with Crippen molar-refractivity contribution >= 4 is 6.03 Å². The van der Waals surface area contributed by atoms with Gasteiger partial charge >= 0.3 is 6.03 Å². The summed E-state index contributed by atoms with van der Waals surface area (Å²) in [6, 6.07) is 3.99. The lowest BCUT2D eigenvalue weighted by Crippen LogP contribution is -2.44. The average Bonchev–Trinajstić information content (AvgIpc) is 2.96. The molecule has 1 unspecified atom stereocenters. The summed E-state index contributed by atoms with van der Waals surface area (Å²) in [5.74, 6) is -0.803. The number of nitrogens with one attached hydrogen (secondary N) is 1. The third kappa shape index (κ3) is 4.43. The number of rotatable bonds is 3. The third-order valence-electron chi connectivity index (χ3n) is 4.95. The molecule has 0 radical (unpaired) electrons. The smallest absolute Gasteiger partial charge is 0.317 e. The van der Waals surface area contributed by atoms with Crippen LogP contribution in [0.4, 0.5) is 13.6 Å². The van der Waals surface area contributed by atoms with Crippen molar-refractivity contribution < 1.29 is 13.6 Å². The van der Waals surface area contributed by atoms with E-state index < -0.39 is 11.6 Å². The van der Waals surface area contributed by atoms with E-state index in [1.807, 2.05) is 4.90 Å². The highest BCUT2D eigenvalue weighted by Gasteiger charge is 2.28. The summed E-state index contributed by atoms with van der Waals surface area (Å²) in [5, 5.41) is 3.13. The van der Waals surface area contributed by atoms with Gasteiger partial charge in [0.25, 0.3) is 0 Å². The van der Waals surface area contributed by atoms with Gasteiger partial charge in [-0.05, 0) is 49.3 Å². The van der Waals surface area contributed by atoms with Crippen LogP contribution in [-0.4, -0.2) is 30.1 Å². The van der Waals surface area contributed by atoms with Crippen molar-refractivity contribution in [2.24, 2.45) is 5.92 Å². The van der Waals surface area contributed by atoms with E-state index in [-0.39, 0.29) is 11.9 Å². The Morgan fingerprint density at radius 2 is 1.78 bits per heavy atom. The number of nitrogens with zero attached hydrogens (tertiary/aromatic N) is 1. The molecule has 1 heterocycles. The number of carbonyl (C=O) groups is 1. The molecule has 0 spiro atoms. The Morgan fingerprint density at radius 1 is 1.09 bits per heavy atom. The van der Waals surface area contributed by atoms with Crippen molar-refractivity contribution in [2.45, 2.75) is 51.0 Å². The zero-order valence-electron chi connectivity index (χ0n) is 13.4. The van der Waals surface area contributed by atoms with E-state index in [9.17, 15) is 13.6 Å². The van der Waals surface area contributed by atoms with Crippen LogP contribution < -0.4 is 5.32 Å². The normalized spacial score (nSPS) is 22.3. The van der Waals surface area contributed by atoms with E-state index in [2.05, 4.69) is 5.32 Å². The number of carbonyl (C=O) groups excluding carboxylic acids is 1. The second-order valence-corrected chi connectivity index (χ2v) is 6.87. The minimum absolute atomic E-state index is 0.0184. The first-order valence-electron chi connectivity index (χ1n) is 8.60. The maximum Gasteiger partial charge on any atom is 0.317 e. The first-order chi connectivity index (χ1) is 11.1. The fourth-order valence-corrected chi connectivity index (χ4v) is 3.76. The van der Waals surface area contributed by atoms with Gasteiger partial charge in [-0.2, -0.15) is 0 Å². The molecule has 1 aromatic carbocycles. The van der Waals surface area contributed by atoms with Crippen LogP contribution in [0.2, 0.25) is 0 Å². The van der Waals surface area contributed by atoms with Crippen LogP contribution in [0.1, 0.15) is 44.1 Å². The minimum Gasteiger partial charge on any atom is -0.335 e. The van der Waals surface area contributed by atoms with Crippen molar-refractivity contribution in [3.63, 3.8) is 0 Å². The molecule has 1 aliphatic heterocycles. The van der Waals surface area contributed by atoms with Crippen LogP contribution in [0.5, 0.6) is 0 Å². The molecular weight excluding hydrogens is 298 g/mol. The molecule has 2 aliphatic rings. The van der Waals surface area contributed by atoms with Gasteiger partial charge < -0.3 is 10.2 Å². The van der Waals surface area contributed by atoms with Crippen molar-refractivity contribution in [1.29, 1.82) is 0 Å². The Kier molecular flexibility index (Phi) is 5.13. The van der Waals surface area contributed by atoms with Crippen molar-refractivity contribution in [1.82, 2.24) is 10.2 Å². The maximum atomic E-state index is 13.3. The summed E-state index contributed by atoms with van der Waals surface area (Å²) in [7, 11) is 0. The lowest BCUT2D eigenvalue weighted by Gasteiger charge is -2.26. The Morgan fingerprint density at radius 3 is 2.48 bits per heavy atom. The molecule has 1 saturated carbocycles. The van der Waals surface area contributed by atoms with Gasteiger partial charge in [-0.3, -0.25) is 0 Å². The molecule has 5 heteroatoms. The fourth-order valence-electron chi connectivity index (χ4n) is 3.76. The largest absolute Gasteiger partial charge is 0.335 e. The number of likely N-dealkylation sites (tertiary alicyclic amines) is 1. The van der Waals surface area contributed by atoms with Crippen LogP contribution in [0.3, 0.4) is 0 Å². The zero-order valence-corrected chi connectivity index (χ0v) is 13.4. The summed E-state index contributed by atoms with van der Waals surface area (Å²) >= 11 is 0. The molecule has 1 atom stereocenters. The number of hydrogen-bond acceptors (Lipinski definition) is 1. The fraction of sp³-hybridized carbons (Fsp3) is 0.611. The van der Waals surface area contributed by atoms with Crippen molar-refractivity contribution in [3.05, 3.63) is 35.4 Å². The van der Waals surface area contributed by atoms with Gasteiger partial charge in [-0.1, -0.05) is 19.3 Å². The summed E-state index contributed by atoms with van der Waals surface area (Å²) < 4.78 is 26.5. The topological polar surface area (TPSA) is 32.3 Å². The molecule has 126 valence electrons. The second-order valence-electron chi connectivity index (χ2n) is 6.87. The first-order valence-corrected chi connectivity index (χ1v) is 8.60. The van der Waals surface area contributed by atoms with E-state index in [1.54, 1.807) is 0 Å². The first kappa shape index (κ1) is 16.2. The molecular formula is C18H24F2N2O. The SMILES string of the molecule is O=C(NC1CCCCC1)N1CCC(Cc2cc(F)cc(F)c2)C1. The molecule has 3 rings (SSSR count). The van der Waals surface area contributed by atoms with E-state index in [0.29, 0.717) is 24.6 Å². The molecule has 1 saturated heterocycles. The van der Waals surface area contributed by atoms with Crippen LogP contribution >= 0.6 is 0 Å². The Hall–Kier alpha value is -1.65. The van der Waals surface area contributed by atoms with Gasteiger partial charge in [0.1, 0.15) is 11.6 Å². The van der Waals surface area contributed by atoms with Gasteiger partial charge in [0.2, 0.25) is 0 Å². The van der Waals surface area contributed by atoms with Gasteiger partial charge in [0.15, 0.2) is 0 Å². The highest BCUT2D eigenvalue weighted by Crippen LogP contribution is 2.23. The standard InChI is InChI=1S/C18H24F2N2O/c19-15-9-14(10-16(20)11-15)8-13-6-7-22(12-13)18(23)21-17-4-2-1-3-5-17/h9-11,13,17H,1-8,12H2,(H,21,23). The number of hydrogen-bond donors (Lipinski definition) is 1. The number of amides is 2. The predicted molar refractivity (Wildman–Crippen MR) is 85.1 cm³/mol. The quantitative estimate of drug-likeness (QED) is 0.900. The number of benzene rings is 1. The average molecular weight is 322 g/mol. The molecule has 2 amide bonds. The van der Waals surface area contributed by atoms with Crippen LogP contribution in [0.25, 0.3) is 0 Å². The molecule has 3 nitrogen and oxygen atoms in total. The number of halogens is 2. The highest BCUT2D eigenvalue weighted by atomic mass is 19.1. The third-order valence-corrected chi connectivity index (χ3v) is 4.95. The second kappa shape index (κ2) is 7.28. The number of urea groups is 1. The van der Waals surface area contributed by atoms with E-state index in [4.69, 9.17) is 0 Å². The summed E-state index contributed by atoms with van der Waals surface area (Å²) in [5.41, 5.74) is 0.669. The Bertz CT molecular complexity index is 538. The molecule has 2 fully saturated rings. The monoisotopic (exact) mass is 322 g/mol. The van der Waals surface area contributed by atoms with Crippen molar-refractivity contribution in [2.75, 3.05) is 13.1 Å². The van der Waals surface area contributed by atoms with Gasteiger partial charge in [0.05, 0.1) is 0 Å². The van der Waals surface area contributed by atoms with Gasteiger partial charge in [-0.25, -0.2) is 13.6 Å². The summed E-state index contributed by atoms with van der Waals surface area (Å²) in [4.78, 5) is 14.2. The van der Waals surface area contributed by atoms with E-state index in [1.165, 1.54) is 31.4 Å². The molecule has 0 bridgehead atoms. The Balaban J connectivity index is 1.50. The molecule has 1 aliphatic carbocycles. The molecule has 1 N–H and O–H groups in total. The van der Waals surface area contributed by atoms with E-state index in [0.717, 1.165) is 31.9 Å². The molecule has 1 aromatic rings. The zero-order chi connectivity index (χ0) is 16.2. The summed E-state index contributed by atoms with van der Waals surface area (Å²) in [6.07, 6.45) is 7.30. The predicted octanol–water partition coefficient (Wildman–Crippen LogP) is 3.87. The van der Waals surface area contributed by atoms with Gasteiger partial charge in [0, 0.05) is 25.2 Å². The van der Waals surface area contributed by atoms with Crippen LogP contribution in [-0.2, 0) is 6.42 Å². The van der Waals surface area contributed by atoms with Crippen molar-refractivity contribution in [3.8, 4) is 0 Å². The van der Waals surface area contributed by atoms with Crippen LogP contribution in [0.15, 0.2) is 18.2 Å². The summed E-state index contributed by atoms with van der Waals surface area (Å²) in [6.45, 7) is 1.39. The highest BCUT2D eigenvalue weighted by molar-refractivity contribution is 5.74. The van der Waals surface area contributed by atoms with Gasteiger partial charge in [-0.15, -0.1) is 0 Å². The molecule has 0 aromatic heterocycles. The Labute approximate surface area is 136 Å². The van der Waals surface area contributed by atoms with Crippen LogP contribution in [0, 0.1) is 17.6 Å². The lowest BCUT2D eigenvalue weighted by atomic mass is 9.96. The maximum absolute atomic E-state index is 13.3. The van der Waals surface area contributed by atoms with E-state index >= 15 is 0 Å². The minimum atomic E-state index is -0.537.